The quantitative estimate of drug-likeness (QED) is 0.712. The number of hydrogen-bond acceptors (Lipinski definition) is 5. The third-order valence-electron chi connectivity index (χ3n) is 3.49. The minimum Gasteiger partial charge on any atom is -0.479 e. The number of hydrogen-bond donors (Lipinski definition) is 2. The molecule has 2 heterocycles. The fraction of sp³-hybridized carbons (Fsp3) is 0.818. The van der Waals surface area contributed by atoms with Crippen molar-refractivity contribution in [2.24, 2.45) is 0 Å². The van der Waals surface area contributed by atoms with Crippen molar-refractivity contribution < 1.29 is 27.9 Å². The van der Waals surface area contributed by atoms with Crippen LogP contribution in [0, 0.1) is 0 Å². The first-order valence-electron chi connectivity index (χ1n) is 6.26. The topological polar surface area (TPSA) is 110 Å². The summed E-state index contributed by atoms with van der Waals surface area (Å²) in [6.07, 6.45) is -0.130. The number of carbonyl (C=O) groups excluding carboxylic acids is 1. The smallest absolute Gasteiger partial charge is 0.332 e. The number of carboxylic acid groups (broad SMARTS) is 1. The Morgan fingerprint density at radius 3 is 2.16 bits per heavy atom. The summed E-state index contributed by atoms with van der Waals surface area (Å²) in [6.45, 7) is 0. The maximum atomic E-state index is 11.9. The average molecular weight is 291 g/mol. The Bertz CT molecular complexity index is 460. The van der Waals surface area contributed by atoms with Gasteiger partial charge in [0.2, 0.25) is 5.91 Å². The number of amides is 1. The van der Waals surface area contributed by atoms with Crippen LogP contribution in [0.15, 0.2) is 0 Å². The molecule has 2 atom stereocenters. The van der Waals surface area contributed by atoms with E-state index in [9.17, 15) is 18.0 Å². The second kappa shape index (κ2) is 5.46. The Balaban J connectivity index is 1.81. The van der Waals surface area contributed by atoms with Crippen molar-refractivity contribution in [3.8, 4) is 0 Å². The van der Waals surface area contributed by atoms with E-state index in [-0.39, 0.29) is 23.5 Å². The van der Waals surface area contributed by atoms with Gasteiger partial charge >= 0.3 is 5.97 Å². The summed E-state index contributed by atoms with van der Waals surface area (Å²) in [6, 6.07) is -0.163. The predicted octanol–water partition coefficient (Wildman–Crippen LogP) is -0.688. The highest BCUT2D eigenvalue weighted by molar-refractivity contribution is 7.91. The van der Waals surface area contributed by atoms with E-state index in [0.29, 0.717) is 25.7 Å². The Hall–Kier alpha value is -1.15. The van der Waals surface area contributed by atoms with Gasteiger partial charge in [-0.1, -0.05) is 0 Å². The van der Waals surface area contributed by atoms with E-state index in [4.69, 9.17) is 9.84 Å². The molecule has 0 bridgehead atoms. The van der Waals surface area contributed by atoms with Gasteiger partial charge in [-0.05, 0) is 25.7 Å². The number of rotatable bonds is 3. The molecule has 0 aromatic heterocycles. The van der Waals surface area contributed by atoms with Crippen LogP contribution >= 0.6 is 0 Å². The van der Waals surface area contributed by atoms with Crippen LogP contribution in [0.4, 0.5) is 0 Å². The van der Waals surface area contributed by atoms with Gasteiger partial charge in [0, 0.05) is 6.04 Å². The first-order valence-corrected chi connectivity index (χ1v) is 8.08. The summed E-state index contributed by atoms with van der Waals surface area (Å²) in [7, 11) is -2.95. The SMILES string of the molecule is O=C(NC1CCS(=O)(=O)CC1)[C@@H]1CC[C@H](C(=O)O)O1. The molecule has 2 aliphatic heterocycles. The maximum Gasteiger partial charge on any atom is 0.332 e. The van der Waals surface area contributed by atoms with Gasteiger partial charge in [-0.25, -0.2) is 13.2 Å². The molecular formula is C11H17NO6S. The standard InChI is InChI=1S/C11H17NO6S/c13-10(8-1-2-9(18-8)11(14)15)12-7-3-5-19(16,17)6-4-7/h7-9H,1-6H2,(H,12,13)(H,14,15)/t8-,9+/m0/s1. The average Bonchev–Trinajstić information content (AvgIpc) is 2.81. The number of ether oxygens (including phenoxy) is 1. The molecule has 0 saturated carbocycles. The summed E-state index contributed by atoms with van der Waals surface area (Å²) < 4.78 is 27.6. The number of carbonyl (C=O) groups is 2. The number of carboxylic acids is 1. The van der Waals surface area contributed by atoms with Gasteiger partial charge in [0.15, 0.2) is 6.10 Å². The molecule has 0 spiro atoms. The molecule has 2 rings (SSSR count). The second-order valence-electron chi connectivity index (χ2n) is 4.96. The third-order valence-corrected chi connectivity index (χ3v) is 5.20. The maximum absolute atomic E-state index is 11.9. The predicted molar refractivity (Wildman–Crippen MR) is 65.3 cm³/mol. The normalized spacial score (nSPS) is 30.9. The summed E-state index contributed by atoms with van der Waals surface area (Å²) >= 11 is 0. The molecule has 19 heavy (non-hydrogen) atoms. The monoisotopic (exact) mass is 291 g/mol. The molecule has 2 aliphatic rings. The molecule has 0 radical (unpaired) electrons. The zero-order valence-electron chi connectivity index (χ0n) is 10.4. The van der Waals surface area contributed by atoms with Crippen molar-refractivity contribution >= 4 is 21.7 Å². The van der Waals surface area contributed by atoms with Crippen LogP contribution in [0.5, 0.6) is 0 Å². The van der Waals surface area contributed by atoms with E-state index >= 15 is 0 Å². The Morgan fingerprint density at radius 2 is 1.63 bits per heavy atom. The molecule has 7 nitrogen and oxygen atoms in total. The number of nitrogens with one attached hydrogen (secondary N) is 1. The van der Waals surface area contributed by atoms with Gasteiger partial charge < -0.3 is 15.2 Å². The number of aliphatic carboxylic acids is 1. The molecule has 0 unspecified atom stereocenters. The molecule has 108 valence electrons. The lowest BCUT2D eigenvalue weighted by atomic mass is 10.1. The Labute approximate surface area is 111 Å². The van der Waals surface area contributed by atoms with Crippen LogP contribution in [-0.2, 0) is 24.2 Å². The zero-order chi connectivity index (χ0) is 14.0. The molecule has 2 saturated heterocycles. The molecule has 0 aliphatic carbocycles. The summed E-state index contributed by atoms with van der Waals surface area (Å²) in [4.78, 5) is 22.6. The lowest BCUT2D eigenvalue weighted by Gasteiger charge is -2.24. The highest BCUT2D eigenvalue weighted by Crippen LogP contribution is 2.21. The molecule has 0 aromatic rings. The Kier molecular flexibility index (Phi) is 4.10. The minimum absolute atomic E-state index is 0.0845. The van der Waals surface area contributed by atoms with Gasteiger partial charge in [-0.2, -0.15) is 0 Å². The van der Waals surface area contributed by atoms with Gasteiger partial charge in [0.25, 0.3) is 0 Å². The van der Waals surface area contributed by atoms with Crippen molar-refractivity contribution in [1.29, 1.82) is 0 Å². The van der Waals surface area contributed by atoms with Crippen molar-refractivity contribution in [3.05, 3.63) is 0 Å². The van der Waals surface area contributed by atoms with E-state index in [1.54, 1.807) is 0 Å². The van der Waals surface area contributed by atoms with Crippen molar-refractivity contribution in [2.45, 2.75) is 43.9 Å². The van der Waals surface area contributed by atoms with Crippen molar-refractivity contribution in [2.75, 3.05) is 11.5 Å². The zero-order valence-corrected chi connectivity index (χ0v) is 11.2. The van der Waals surface area contributed by atoms with Gasteiger partial charge in [-0.15, -0.1) is 0 Å². The molecule has 2 fully saturated rings. The van der Waals surface area contributed by atoms with E-state index < -0.39 is 28.0 Å². The summed E-state index contributed by atoms with van der Waals surface area (Å²) in [5.74, 6) is -1.23. The van der Waals surface area contributed by atoms with Crippen LogP contribution in [-0.4, -0.2) is 55.2 Å². The first kappa shape index (κ1) is 14.3. The third kappa shape index (κ3) is 3.66. The van der Waals surface area contributed by atoms with E-state index in [1.807, 2.05) is 0 Å². The lowest BCUT2D eigenvalue weighted by molar-refractivity contribution is -0.151. The van der Waals surface area contributed by atoms with Gasteiger partial charge in [0.1, 0.15) is 15.9 Å². The van der Waals surface area contributed by atoms with Crippen molar-refractivity contribution in [1.82, 2.24) is 5.32 Å². The molecule has 0 aromatic carbocycles. The van der Waals surface area contributed by atoms with Crippen LogP contribution < -0.4 is 5.32 Å². The molecule has 8 heteroatoms. The molecular weight excluding hydrogens is 274 g/mol. The van der Waals surface area contributed by atoms with Crippen LogP contribution in [0.1, 0.15) is 25.7 Å². The second-order valence-corrected chi connectivity index (χ2v) is 7.27. The summed E-state index contributed by atoms with van der Waals surface area (Å²) in [5.41, 5.74) is 0. The Morgan fingerprint density at radius 1 is 1.05 bits per heavy atom. The fourth-order valence-corrected chi connectivity index (χ4v) is 3.83. The first-order chi connectivity index (χ1) is 8.87. The highest BCUT2D eigenvalue weighted by Gasteiger charge is 2.36. The van der Waals surface area contributed by atoms with Crippen molar-refractivity contribution in [3.63, 3.8) is 0 Å². The van der Waals surface area contributed by atoms with Gasteiger partial charge in [-0.3, -0.25) is 4.79 Å². The molecule has 1 amide bonds. The number of sulfone groups is 1. The fourth-order valence-electron chi connectivity index (χ4n) is 2.34. The van der Waals surface area contributed by atoms with Gasteiger partial charge in [0.05, 0.1) is 11.5 Å². The van der Waals surface area contributed by atoms with E-state index in [1.165, 1.54) is 0 Å². The van der Waals surface area contributed by atoms with E-state index in [2.05, 4.69) is 5.32 Å². The van der Waals surface area contributed by atoms with E-state index in [0.717, 1.165) is 0 Å². The lowest BCUT2D eigenvalue weighted by Crippen LogP contribution is -2.45. The minimum atomic E-state index is -2.95. The van der Waals surface area contributed by atoms with Crippen LogP contribution in [0.3, 0.4) is 0 Å². The van der Waals surface area contributed by atoms with Crippen LogP contribution in [0.2, 0.25) is 0 Å². The molecule has 2 N–H and O–H groups in total. The summed E-state index contributed by atoms with van der Waals surface area (Å²) in [5, 5.41) is 11.5. The van der Waals surface area contributed by atoms with Crippen LogP contribution in [0.25, 0.3) is 0 Å². The largest absolute Gasteiger partial charge is 0.479 e. The highest BCUT2D eigenvalue weighted by atomic mass is 32.2.